The van der Waals surface area contributed by atoms with Crippen molar-refractivity contribution in [1.29, 1.82) is 0 Å². The molecule has 4 aromatic rings. The summed E-state index contributed by atoms with van der Waals surface area (Å²) in [5, 5.41) is 12.1. The summed E-state index contributed by atoms with van der Waals surface area (Å²) in [4.78, 5) is 0. The Morgan fingerprint density at radius 2 is 1.81 bits per heavy atom. The van der Waals surface area contributed by atoms with Gasteiger partial charge in [-0.15, -0.1) is 10.2 Å². The number of nitrogens with zero attached hydrogens (tertiary/aromatic N) is 2. The van der Waals surface area contributed by atoms with Crippen LogP contribution in [0.1, 0.15) is 23.1 Å². The van der Waals surface area contributed by atoms with Crippen LogP contribution in [0.3, 0.4) is 0 Å². The molecular weight excluding hydrogens is 421 g/mol. The monoisotopic (exact) mass is 437 g/mol. The third-order valence-corrected chi connectivity index (χ3v) is 5.26. The Morgan fingerprint density at radius 1 is 0.968 bits per heavy atom. The molecule has 0 bridgehead atoms. The molecule has 0 fully saturated rings. The first-order valence-electron chi connectivity index (χ1n) is 9.63. The molecule has 0 unspecified atom stereocenters. The zero-order chi connectivity index (χ0) is 21.2. The lowest BCUT2D eigenvalue weighted by Crippen LogP contribution is -2.23. The van der Waals surface area contributed by atoms with Crippen molar-refractivity contribution >= 4 is 11.6 Å². The number of ether oxygens (including phenoxy) is 2. The minimum Gasteiger partial charge on any atom is -0.454 e. The number of aromatic nitrogens is 2. The van der Waals surface area contributed by atoms with Gasteiger partial charge in [-0.2, -0.15) is 0 Å². The zero-order valence-corrected chi connectivity index (χ0v) is 17.0. The van der Waals surface area contributed by atoms with Gasteiger partial charge in [-0.25, -0.2) is 4.39 Å². The van der Waals surface area contributed by atoms with E-state index in [-0.39, 0.29) is 11.8 Å². The summed E-state index contributed by atoms with van der Waals surface area (Å²) >= 11 is 6.35. The molecule has 8 heteroatoms. The summed E-state index contributed by atoms with van der Waals surface area (Å²) < 4.78 is 30.4. The van der Waals surface area contributed by atoms with Crippen LogP contribution in [0.25, 0.3) is 11.5 Å². The highest BCUT2D eigenvalue weighted by atomic mass is 35.5. The molecule has 1 N–H and O–H groups in total. The number of fused-ring (bicyclic) bond motifs is 1. The van der Waals surface area contributed by atoms with Crippen molar-refractivity contribution in [3.8, 4) is 23.0 Å². The summed E-state index contributed by atoms with van der Waals surface area (Å²) in [6, 6.07) is 18.9. The first-order valence-corrected chi connectivity index (χ1v) is 10.0. The van der Waals surface area contributed by atoms with Gasteiger partial charge >= 0.3 is 0 Å². The van der Waals surface area contributed by atoms with Crippen LogP contribution in [0.4, 0.5) is 4.39 Å². The van der Waals surface area contributed by atoms with Crippen LogP contribution in [0.2, 0.25) is 5.02 Å². The van der Waals surface area contributed by atoms with E-state index in [4.69, 9.17) is 25.5 Å². The molecule has 6 nitrogen and oxygen atoms in total. The van der Waals surface area contributed by atoms with E-state index in [0.717, 1.165) is 11.1 Å². The van der Waals surface area contributed by atoms with Crippen molar-refractivity contribution in [3.05, 3.63) is 94.6 Å². The van der Waals surface area contributed by atoms with Crippen LogP contribution in [-0.2, 0) is 6.54 Å². The topological polar surface area (TPSA) is 69.4 Å². The molecule has 0 radical (unpaired) electrons. The van der Waals surface area contributed by atoms with Crippen molar-refractivity contribution in [2.75, 3.05) is 6.79 Å². The van der Waals surface area contributed by atoms with Crippen LogP contribution in [0.15, 0.2) is 71.1 Å². The molecule has 1 aliphatic heterocycles. The summed E-state index contributed by atoms with van der Waals surface area (Å²) in [6.07, 6.45) is 0. The third-order valence-electron chi connectivity index (χ3n) is 4.93. The highest BCUT2D eigenvalue weighted by Gasteiger charge is 2.24. The van der Waals surface area contributed by atoms with Crippen LogP contribution < -0.4 is 14.8 Å². The van der Waals surface area contributed by atoms with Gasteiger partial charge in [0.1, 0.15) is 11.9 Å². The maximum Gasteiger partial charge on any atom is 0.247 e. The van der Waals surface area contributed by atoms with Gasteiger partial charge in [0.25, 0.3) is 0 Å². The highest BCUT2D eigenvalue weighted by Crippen LogP contribution is 2.34. The number of halogens is 2. The van der Waals surface area contributed by atoms with E-state index in [2.05, 4.69) is 15.5 Å². The van der Waals surface area contributed by atoms with Crippen LogP contribution >= 0.6 is 11.6 Å². The SMILES string of the molecule is Fc1ccc([C@H](NCc2ccc3c(c2)OCO3)c2nnc(-c3ccccc3)o2)c(Cl)c1. The second kappa shape index (κ2) is 8.37. The van der Waals surface area contributed by atoms with Crippen molar-refractivity contribution in [2.45, 2.75) is 12.6 Å². The fourth-order valence-corrected chi connectivity index (χ4v) is 3.66. The summed E-state index contributed by atoms with van der Waals surface area (Å²) in [5.74, 6) is 1.71. The van der Waals surface area contributed by atoms with Crippen LogP contribution in [0, 0.1) is 5.82 Å². The molecule has 1 aliphatic rings. The average Bonchev–Trinajstić information content (AvgIpc) is 3.45. The normalized spacial score (nSPS) is 13.4. The molecule has 1 aromatic heterocycles. The molecular formula is C23H17ClFN3O3. The number of nitrogens with one attached hydrogen (secondary N) is 1. The summed E-state index contributed by atoms with van der Waals surface area (Å²) in [5.41, 5.74) is 2.41. The number of hydrogen-bond acceptors (Lipinski definition) is 6. The van der Waals surface area contributed by atoms with E-state index in [9.17, 15) is 4.39 Å². The molecule has 0 saturated heterocycles. The first-order chi connectivity index (χ1) is 15.2. The molecule has 3 aromatic carbocycles. The van der Waals surface area contributed by atoms with Crippen molar-refractivity contribution in [3.63, 3.8) is 0 Å². The highest BCUT2D eigenvalue weighted by molar-refractivity contribution is 6.31. The molecule has 1 atom stereocenters. The van der Waals surface area contributed by atoms with Gasteiger partial charge in [0.15, 0.2) is 11.5 Å². The lowest BCUT2D eigenvalue weighted by atomic mass is 10.1. The van der Waals surface area contributed by atoms with E-state index in [1.54, 1.807) is 6.07 Å². The largest absolute Gasteiger partial charge is 0.454 e. The molecule has 0 amide bonds. The molecule has 2 heterocycles. The van der Waals surface area contributed by atoms with Gasteiger partial charge in [0.2, 0.25) is 18.6 Å². The van der Waals surface area contributed by atoms with Crippen LogP contribution in [-0.4, -0.2) is 17.0 Å². The van der Waals surface area contributed by atoms with E-state index in [1.807, 2.05) is 48.5 Å². The maximum absolute atomic E-state index is 13.6. The standard InChI is InChI=1S/C23H17ClFN3O3/c24-18-11-16(25)7-8-17(18)21(23-28-27-22(31-23)15-4-2-1-3-5-15)26-12-14-6-9-19-20(10-14)30-13-29-19/h1-11,21,26H,12-13H2/t21-/m0/s1. The van der Waals surface area contributed by atoms with Gasteiger partial charge in [-0.05, 0) is 47.5 Å². The smallest absolute Gasteiger partial charge is 0.247 e. The zero-order valence-electron chi connectivity index (χ0n) is 16.2. The lowest BCUT2D eigenvalue weighted by Gasteiger charge is -2.17. The number of hydrogen-bond donors (Lipinski definition) is 1. The molecule has 156 valence electrons. The summed E-state index contributed by atoms with van der Waals surface area (Å²) in [6.45, 7) is 0.669. The predicted molar refractivity (Wildman–Crippen MR) is 112 cm³/mol. The van der Waals surface area contributed by atoms with Crippen LogP contribution in [0.5, 0.6) is 11.5 Å². The number of benzene rings is 3. The average molecular weight is 438 g/mol. The second-order valence-corrected chi connectivity index (χ2v) is 7.39. The quantitative estimate of drug-likeness (QED) is 0.450. The Morgan fingerprint density at radius 3 is 2.65 bits per heavy atom. The predicted octanol–water partition coefficient (Wildman–Crippen LogP) is 5.14. The van der Waals surface area contributed by atoms with Gasteiger partial charge in [-0.3, -0.25) is 5.32 Å². The Labute approximate surface area is 182 Å². The van der Waals surface area contributed by atoms with E-state index >= 15 is 0 Å². The minimum atomic E-state index is -0.538. The summed E-state index contributed by atoms with van der Waals surface area (Å²) in [7, 11) is 0. The molecule has 0 spiro atoms. The van der Waals surface area contributed by atoms with Gasteiger partial charge in [0.05, 0.1) is 0 Å². The van der Waals surface area contributed by atoms with Gasteiger partial charge in [0, 0.05) is 17.1 Å². The van der Waals surface area contributed by atoms with Crippen molar-refractivity contribution in [2.24, 2.45) is 0 Å². The third kappa shape index (κ3) is 4.10. The Balaban J connectivity index is 1.45. The maximum atomic E-state index is 13.6. The minimum absolute atomic E-state index is 0.213. The van der Waals surface area contributed by atoms with Gasteiger partial charge < -0.3 is 13.9 Å². The Bertz CT molecular complexity index is 1220. The Kier molecular flexibility index (Phi) is 5.28. The molecule has 31 heavy (non-hydrogen) atoms. The van der Waals surface area contributed by atoms with E-state index < -0.39 is 11.9 Å². The Hall–Kier alpha value is -3.42. The first kappa shape index (κ1) is 19.5. The van der Waals surface area contributed by atoms with Crippen molar-refractivity contribution in [1.82, 2.24) is 15.5 Å². The van der Waals surface area contributed by atoms with E-state index in [0.29, 0.717) is 35.4 Å². The lowest BCUT2D eigenvalue weighted by molar-refractivity contribution is 0.174. The molecule has 0 saturated carbocycles. The number of rotatable bonds is 6. The van der Waals surface area contributed by atoms with Crippen molar-refractivity contribution < 1.29 is 18.3 Å². The fraction of sp³-hybridized carbons (Fsp3) is 0.130. The molecule has 0 aliphatic carbocycles. The van der Waals surface area contributed by atoms with E-state index in [1.165, 1.54) is 12.1 Å². The fourth-order valence-electron chi connectivity index (χ4n) is 3.39. The molecule has 5 rings (SSSR count). The second-order valence-electron chi connectivity index (χ2n) is 6.98. The van der Waals surface area contributed by atoms with Gasteiger partial charge in [-0.1, -0.05) is 41.9 Å².